The molecule has 3 nitrogen and oxygen atoms in total. The van der Waals surface area contributed by atoms with E-state index in [0.717, 1.165) is 15.6 Å². The van der Waals surface area contributed by atoms with Crippen molar-refractivity contribution in [1.29, 1.82) is 0 Å². The summed E-state index contributed by atoms with van der Waals surface area (Å²) in [5.74, 6) is -1.74. The van der Waals surface area contributed by atoms with Gasteiger partial charge in [0.2, 0.25) is 0 Å². The number of Topliss-reactive ketones (excluding diaryl/α,β-unsaturated/α-hetero) is 1. The van der Waals surface area contributed by atoms with E-state index in [-0.39, 0.29) is 18.3 Å². The number of ketones is 1. The van der Waals surface area contributed by atoms with Crippen molar-refractivity contribution in [3.63, 3.8) is 0 Å². The molecule has 2 aromatic carbocycles. The topological polar surface area (TPSA) is 43.4 Å². The van der Waals surface area contributed by atoms with Crippen LogP contribution in [0.5, 0.6) is 0 Å². The van der Waals surface area contributed by atoms with E-state index < -0.39 is 11.9 Å². The van der Waals surface area contributed by atoms with Crippen LogP contribution in [-0.2, 0) is 20.9 Å². The molecule has 23 heavy (non-hydrogen) atoms. The average molecular weight is 375 g/mol. The number of ether oxygens (including phenoxy) is 1. The molecular weight excluding hydrogens is 356 g/mol. The second-order valence-corrected chi connectivity index (χ2v) is 6.35. The van der Waals surface area contributed by atoms with Crippen molar-refractivity contribution in [2.45, 2.75) is 26.4 Å². The van der Waals surface area contributed by atoms with Gasteiger partial charge in [0.25, 0.3) is 0 Å². The Bertz CT molecular complexity index is 682. The summed E-state index contributed by atoms with van der Waals surface area (Å²) in [5.41, 5.74) is 1.82. The predicted molar refractivity (Wildman–Crippen MR) is 93.0 cm³/mol. The number of rotatable bonds is 6. The molecule has 4 heteroatoms. The Kier molecular flexibility index (Phi) is 6.11. The molecule has 0 aliphatic carbocycles. The first kappa shape index (κ1) is 17.4. The quantitative estimate of drug-likeness (QED) is 0.552. The monoisotopic (exact) mass is 374 g/mol. The molecule has 0 aromatic heterocycles. The van der Waals surface area contributed by atoms with Crippen molar-refractivity contribution in [3.05, 3.63) is 70.2 Å². The van der Waals surface area contributed by atoms with Crippen LogP contribution in [0.3, 0.4) is 0 Å². The predicted octanol–water partition coefficient (Wildman–Crippen LogP) is 4.50. The molecule has 0 aliphatic heterocycles. The number of carbonyl (C=O) groups is 2. The van der Waals surface area contributed by atoms with E-state index in [4.69, 9.17) is 4.74 Å². The molecule has 2 atom stereocenters. The number of benzene rings is 2. The summed E-state index contributed by atoms with van der Waals surface area (Å²) >= 11 is 3.48. The van der Waals surface area contributed by atoms with Crippen LogP contribution in [0.1, 0.15) is 30.9 Å². The zero-order chi connectivity index (χ0) is 16.8. The molecule has 0 saturated carbocycles. The highest BCUT2D eigenvalue weighted by atomic mass is 79.9. The molecule has 2 rings (SSSR count). The van der Waals surface area contributed by atoms with Crippen LogP contribution in [0.2, 0.25) is 0 Å². The van der Waals surface area contributed by atoms with Crippen molar-refractivity contribution in [2.75, 3.05) is 0 Å². The largest absolute Gasteiger partial charge is 0.460 e. The maximum absolute atomic E-state index is 12.4. The molecule has 0 radical (unpaired) electrons. The van der Waals surface area contributed by atoms with Crippen molar-refractivity contribution < 1.29 is 14.3 Å². The molecule has 0 fully saturated rings. The van der Waals surface area contributed by atoms with E-state index in [1.54, 1.807) is 0 Å². The summed E-state index contributed by atoms with van der Waals surface area (Å²) in [5, 5.41) is 0. The minimum atomic E-state index is -0.808. The fourth-order valence-electron chi connectivity index (χ4n) is 2.56. The number of hydrogen-bond donors (Lipinski definition) is 0. The molecule has 0 saturated heterocycles. The molecule has 0 bridgehead atoms. The molecule has 0 N–H and O–H groups in total. The third-order valence-corrected chi connectivity index (χ3v) is 4.53. The molecular formula is C19H19BrO3. The van der Waals surface area contributed by atoms with E-state index in [2.05, 4.69) is 15.9 Å². The van der Waals surface area contributed by atoms with Crippen LogP contribution >= 0.6 is 15.9 Å². The van der Waals surface area contributed by atoms with Gasteiger partial charge in [0.1, 0.15) is 18.3 Å². The van der Waals surface area contributed by atoms with Gasteiger partial charge < -0.3 is 4.74 Å². The molecule has 2 aromatic rings. The molecule has 2 unspecified atom stereocenters. The van der Waals surface area contributed by atoms with E-state index in [1.165, 1.54) is 6.92 Å². The van der Waals surface area contributed by atoms with Crippen LogP contribution in [-0.4, -0.2) is 11.8 Å². The summed E-state index contributed by atoms with van der Waals surface area (Å²) in [7, 11) is 0. The number of carbonyl (C=O) groups excluding carboxylic acids is 2. The third-order valence-electron chi connectivity index (χ3n) is 3.81. The molecule has 0 heterocycles. The fraction of sp³-hybridized carbons (Fsp3) is 0.263. The Morgan fingerprint density at radius 3 is 2.26 bits per heavy atom. The van der Waals surface area contributed by atoms with E-state index in [9.17, 15) is 9.59 Å². The van der Waals surface area contributed by atoms with Gasteiger partial charge in [0.05, 0.1) is 0 Å². The second kappa shape index (κ2) is 8.06. The lowest BCUT2D eigenvalue weighted by atomic mass is 9.85. The lowest BCUT2D eigenvalue weighted by Gasteiger charge is -2.21. The number of hydrogen-bond acceptors (Lipinski definition) is 3. The van der Waals surface area contributed by atoms with Gasteiger partial charge in [0, 0.05) is 10.4 Å². The average Bonchev–Trinajstić information content (AvgIpc) is 2.54. The zero-order valence-corrected chi connectivity index (χ0v) is 14.7. The molecule has 120 valence electrons. The first-order valence-electron chi connectivity index (χ1n) is 7.46. The summed E-state index contributed by atoms with van der Waals surface area (Å²) in [4.78, 5) is 24.4. The Balaban J connectivity index is 2.13. The minimum absolute atomic E-state index is 0.173. The van der Waals surface area contributed by atoms with Crippen LogP contribution in [0, 0.1) is 5.92 Å². The van der Waals surface area contributed by atoms with Gasteiger partial charge in [-0.2, -0.15) is 0 Å². The molecule has 0 amide bonds. The van der Waals surface area contributed by atoms with Gasteiger partial charge in [0.15, 0.2) is 0 Å². The van der Waals surface area contributed by atoms with Gasteiger partial charge >= 0.3 is 5.97 Å². The van der Waals surface area contributed by atoms with Gasteiger partial charge in [-0.05, 0) is 24.1 Å². The van der Waals surface area contributed by atoms with E-state index in [0.29, 0.717) is 0 Å². The summed E-state index contributed by atoms with van der Waals surface area (Å²) in [6.45, 7) is 3.48. The van der Waals surface area contributed by atoms with Crippen LogP contribution in [0.4, 0.5) is 0 Å². The van der Waals surface area contributed by atoms with Gasteiger partial charge in [-0.15, -0.1) is 0 Å². The zero-order valence-electron chi connectivity index (χ0n) is 13.2. The Morgan fingerprint density at radius 1 is 1.04 bits per heavy atom. The maximum atomic E-state index is 12.4. The van der Waals surface area contributed by atoms with Crippen LogP contribution in [0.15, 0.2) is 59.1 Å². The van der Waals surface area contributed by atoms with Crippen molar-refractivity contribution in [1.82, 2.24) is 0 Å². The summed E-state index contributed by atoms with van der Waals surface area (Å²) in [6, 6.07) is 17.0. The Labute approximate surface area is 144 Å². The van der Waals surface area contributed by atoms with Gasteiger partial charge in [-0.25, -0.2) is 0 Å². The minimum Gasteiger partial charge on any atom is -0.460 e. The number of halogens is 1. The Hall–Kier alpha value is -1.94. The highest BCUT2D eigenvalue weighted by Gasteiger charge is 2.32. The van der Waals surface area contributed by atoms with E-state index >= 15 is 0 Å². The first-order valence-corrected chi connectivity index (χ1v) is 8.25. The highest BCUT2D eigenvalue weighted by Crippen LogP contribution is 2.31. The van der Waals surface area contributed by atoms with Gasteiger partial charge in [-0.1, -0.05) is 71.4 Å². The van der Waals surface area contributed by atoms with Crippen molar-refractivity contribution in [3.8, 4) is 0 Å². The van der Waals surface area contributed by atoms with Gasteiger partial charge in [-0.3, -0.25) is 9.59 Å². The third kappa shape index (κ3) is 4.52. The van der Waals surface area contributed by atoms with Crippen LogP contribution < -0.4 is 0 Å². The first-order chi connectivity index (χ1) is 11.0. The summed E-state index contributed by atoms with van der Waals surface area (Å²) < 4.78 is 6.24. The second-order valence-electron chi connectivity index (χ2n) is 5.49. The van der Waals surface area contributed by atoms with E-state index in [1.807, 2.05) is 61.5 Å². The van der Waals surface area contributed by atoms with Crippen molar-refractivity contribution in [2.24, 2.45) is 5.92 Å². The maximum Gasteiger partial charge on any atom is 0.317 e. The summed E-state index contributed by atoms with van der Waals surface area (Å²) in [6.07, 6.45) is 0. The molecule has 0 spiro atoms. The fourth-order valence-corrected chi connectivity index (χ4v) is 3.21. The lowest BCUT2D eigenvalue weighted by Crippen LogP contribution is -2.29. The lowest BCUT2D eigenvalue weighted by molar-refractivity contribution is -0.153. The smallest absolute Gasteiger partial charge is 0.317 e. The molecule has 0 aliphatic rings. The SMILES string of the molecule is CC(=O)C(C(=O)OCc1ccccc1)C(C)c1ccccc1Br. The number of esters is 1. The normalized spacial score (nSPS) is 13.2. The Morgan fingerprint density at radius 2 is 1.65 bits per heavy atom. The standard InChI is InChI=1S/C19H19BrO3/c1-13(16-10-6-7-11-17(16)20)18(14(2)21)19(22)23-12-15-8-4-3-5-9-15/h3-11,13,18H,12H2,1-2H3. The van der Waals surface area contributed by atoms with Crippen LogP contribution in [0.25, 0.3) is 0 Å². The van der Waals surface area contributed by atoms with Crippen molar-refractivity contribution >= 4 is 27.7 Å². The highest BCUT2D eigenvalue weighted by molar-refractivity contribution is 9.10.